The van der Waals surface area contributed by atoms with Gasteiger partial charge in [0, 0.05) is 11.3 Å². The molecule has 1 unspecified atom stereocenters. The molecule has 0 fully saturated rings. The van der Waals surface area contributed by atoms with E-state index in [-0.39, 0.29) is 5.78 Å². The second-order valence-electron chi connectivity index (χ2n) is 6.08. The molecule has 0 saturated heterocycles. The molecule has 1 atom stereocenters. The van der Waals surface area contributed by atoms with Crippen LogP contribution in [0, 0.1) is 20.8 Å². The summed E-state index contributed by atoms with van der Waals surface area (Å²) in [7, 11) is 0. The number of carbonyl (C=O) groups excluding carboxylic acids is 1. The minimum Gasteiger partial charge on any atom is -0.482 e. The number of ketones is 1. The van der Waals surface area contributed by atoms with Gasteiger partial charge in [-0.05, 0) is 74.2 Å². The third-order valence-corrected chi connectivity index (χ3v) is 4.11. The molecule has 2 rings (SSSR count). The van der Waals surface area contributed by atoms with E-state index in [1.165, 1.54) is 5.56 Å². The summed E-state index contributed by atoms with van der Waals surface area (Å²) >= 11 is 0. The Bertz CT molecular complexity index is 690. The Hall–Kier alpha value is -2.29. The highest BCUT2D eigenvalue weighted by Gasteiger charge is 2.23. The van der Waals surface area contributed by atoms with Gasteiger partial charge in [0.1, 0.15) is 5.75 Å². The van der Waals surface area contributed by atoms with Crippen molar-refractivity contribution in [2.75, 3.05) is 5.73 Å². The number of carbonyl (C=O) groups is 1. The van der Waals surface area contributed by atoms with E-state index >= 15 is 0 Å². The quantitative estimate of drug-likeness (QED) is 0.625. The predicted molar refractivity (Wildman–Crippen MR) is 95.2 cm³/mol. The van der Waals surface area contributed by atoms with Gasteiger partial charge in [-0.15, -0.1) is 0 Å². The first-order valence-corrected chi connectivity index (χ1v) is 8.06. The molecule has 0 aliphatic carbocycles. The van der Waals surface area contributed by atoms with Gasteiger partial charge in [0.2, 0.25) is 5.78 Å². The molecule has 0 bridgehead atoms. The molecule has 0 heterocycles. The maximum atomic E-state index is 12.9. The van der Waals surface area contributed by atoms with E-state index in [1.807, 2.05) is 19.9 Å². The summed E-state index contributed by atoms with van der Waals surface area (Å²) in [6.45, 7) is 8.12. The van der Waals surface area contributed by atoms with E-state index in [0.29, 0.717) is 17.9 Å². The minimum atomic E-state index is -0.468. The van der Waals surface area contributed by atoms with Crippen LogP contribution in [0.3, 0.4) is 0 Å². The average molecular weight is 311 g/mol. The number of rotatable bonds is 6. The van der Waals surface area contributed by atoms with Gasteiger partial charge in [0.05, 0.1) is 0 Å². The van der Waals surface area contributed by atoms with Gasteiger partial charge in [-0.1, -0.05) is 19.4 Å². The lowest BCUT2D eigenvalue weighted by Gasteiger charge is -2.19. The fourth-order valence-electron chi connectivity index (χ4n) is 2.62. The van der Waals surface area contributed by atoms with Crippen LogP contribution in [0.15, 0.2) is 36.4 Å². The van der Waals surface area contributed by atoms with Crippen molar-refractivity contribution in [2.45, 2.75) is 46.6 Å². The number of Topliss-reactive ketones (excluding diaryl/α,β-unsaturated/α-hetero) is 1. The molecule has 0 radical (unpaired) electrons. The Labute approximate surface area is 138 Å². The van der Waals surface area contributed by atoms with Crippen LogP contribution in [0.25, 0.3) is 0 Å². The topological polar surface area (TPSA) is 52.3 Å². The summed E-state index contributed by atoms with van der Waals surface area (Å²) in [4.78, 5) is 12.9. The Morgan fingerprint density at radius 1 is 1.04 bits per heavy atom. The van der Waals surface area contributed by atoms with Crippen LogP contribution < -0.4 is 10.5 Å². The molecule has 0 saturated carbocycles. The summed E-state index contributed by atoms with van der Waals surface area (Å²) < 4.78 is 5.95. The maximum Gasteiger partial charge on any atom is 0.203 e. The summed E-state index contributed by atoms with van der Waals surface area (Å²) in [6.07, 6.45) is 1.11. The molecular weight excluding hydrogens is 286 g/mol. The lowest BCUT2D eigenvalue weighted by molar-refractivity contribution is 0.0776. The van der Waals surface area contributed by atoms with Crippen molar-refractivity contribution in [3.05, 3.63) is 58.7 Å². The van der Waals surface area contributed by atoms with Gasteiger partial charge in [-0.2, -0.15) is 0 Å². The molecule has 0 spiro atoms. The van der Waals surface area contributed by atoms with E-state index in [9.17, 15) is 4.79 Å². The van der Waals surface area contributed by atoms with Gasteiger partial charge in [-0.3, -0.25) is 4.79 Å². The van der Waals surface area contributed by atoms with E-state index in [2.05, 4.69) is 19.9 Å². The number of hydrogen-bond acceptors (Lipinski definition) is 3. The Morgan fingerprint density at radius 2 is 1.65 bits per heavy atom. The summed E-state index contributed by atoms with van der Waals surface area (Å²) in [5.74, 6) is 0.719. The zero-order valence-corrected chi connectivity index (χ0v) is 14.3. The highest BCUT2D eigenvalue weighted by molar-refractivity contribution is 6.01. The van der Waals surface area contributed by atoms with Crippen molar-refractivity contribution in [3.63, 3.8) is 0 Å². The van der Waals surface area contributed by atoms with Crippen molar-refractivity contribution < 1.29 is 9.53 Å². The summed E-state index contributed by atoms with van der Waals surface area (Å²) in [5, 5.41) is 0. The lowest BCUT2D eigenvalue weighted by Crippen LogP contribution is -2.28. The summed E-state index contributed by atoms with van der Waals surface area (Å²) in [6, 6.07) is 11.2. The second kappa shape index (κ2) is 7.32. The van der Waals surface area contributed by atoms with Crippen molar-refractivity contribution in [1.82, 2.24) is 0 Å². The van der Waals surface area contributed by atoms with E-state index in [1.54, 1.807) is 24.3 Å². The van der Waals surface area contributed by atoms with Gasteiger partial charge in [0.15, 0.2) is 6.10 Å². The number of nitrogen functional groups attached to an aromatic ring is 1. The molecule has 0 aliphatic rings. The Balaban J connectivity index is 2.28. The normalized spacial score (nSPS) is 12.0. The van der Waals surface area contributed by atoms with Crippen LogP contribution in [0.4, 0.5) is 5.69 Å². The molecule has 0 aromatic heterocycles. The molecule has 23 heavy (non-hydrogen) atoms. The molecule has 2 aromatic carbocycles. The number of aryl methyl sites for hydroxylation is 3. The smallest absolute Gasteiger partial charge is 0.203 e. The second-order valence-corrected chi connectivity index (χ2v) is 6.08. The number of benzene rings is 2. The molecule has 3 nitrogen and oxygen atoms in total. The zero-order chi connectivity index (χ0) is 17.0. The Kier molecular flexibility index (Phi) is 5.43. The van der Waals surface area contributed by atoms with E-state index in [4.69, 9.17) is 10.5 Å². The largest absolute Gasteiger partial charge is 0.482 e. The van der Waals surface area contributed by atoms with Crippen LogP contribution in [0.2, 0.25) is 0 Å². The first-order chi connectivity index (χ1) is 10.9. The Morgan fingerprint density at radius 3 is 2.26 bits per heavy atom. The highest BCUT2D eigenvalue weighted by Crippen LogP contribution is 2.22. The zero-order valence-electron chi connectivity index (χ0n) is 14.3. The lowest BCUT2D eigenvalue weighted by atomic mass is 9.94. The molecule has 0 aliphatic heterocycles. The van der Waals surface area contributed by atoms with Crippen LogP contribution in [0.1, 0.15) is 46.8 Å². The fourth-order valence-corrected chi connectivity index (χ4v) is 2.62. The predicted octanol–water partition coefficient (Wildman–Crippen LogP) is 4.62. The standard InChI is InChI=1S/C20H25NO2/c1-5-6-19(23-17-9-7-16(21)8-10-17)20(22)18-12-14(3)13(2)11-15(18)4/h7-12,19H,5-6,21H2,1-4H3. The van der Waals surface area contributed by atoms with E-state index in [0.717, 1.165) is 23.1 Å². The molecule has 2 N–H and O–H groups in total. The van der Waals surface area contributed by atoms with Crippen molar-refractivity contribution in [3.8, 4) is 5.75 Å². The van der Waals surface area contributed by atoms with Crippen LogP contribution in [-0.4, -0.2) is 11.9 Å². The SMILES string of the molecule is CCCC(Oc1ccc(N)cc1)C(=O)c1cc(C)c(C)cc1C. The highest BCUT2D eigenvalue weighted by atomic mass is 16.5. The number of ether oxygens (including phenoxy) is 1. The third kappa shape index (κ3) is 4.13. The van der Waals surface area contributed by atoms with Crippen LogP contribution in [-0.2, 0) is 0 Å². The first kappa shape index (κ1) is 17.1. The average Bonchev–Trinajstić information content (AvgIpc) is 2.52. The monoisotopic (exact) mass is 311 g/mol. The minimum absolute atomic E-state index is 0.0456. The van der Waals surface area contributed by atoms with Gasteiger partial charge < -0.3 is 10.5 Å². The van der Waals surface area contributed by atoms with E-state index < -0.39 is 6.10 Å². The molecule has 122 valence electrons. The molecule has 2 aromatic rings. The van der Waals surface area contributed by atoms with Crippen molar-refractivity contribution in [1.29, 1.82) is 0 Å². The first-order valence-electron chi connectivity index (χ1n) is 8.06. The van der Waals surface area contributed by atoms with Gasteiger partial charge in [0.25, 0.3) is 0 Å². The molecule has 0 amide bonds. The van der Waals surface area contributed by atoms with Gasteiger partial charge in [-0.25, -0.2) is 0 Å². The third-order valence-electron chi connectivity index (χ3n) is 4.11. The number of hydrogen-bond donors (Lipinski definition) is 1. The maximum absolute atomic E-state index is 12.9. The van der Waals surface area contributed by atoms with Crippen LogP contribution in [0.5, 0.6) is 5.75 Å². The fraction of sp³-hybridized carbons (Fsp3) is 0.350. The summed E-state index contributed by atoms with van der Waals surface area (Å²) in [5.41, 5.74) is 10.5. The molecular formula is C20H25NO2. The molecule has 3 heteroatoms. The van der Waals surface area contributed by atoms with Crippen LogP contribution >= 0.6 is 0 Å². The van der Waals surface area contributed by atoms with Crippen molar-refractivity contribution in [2.24, 2.45) is 0 Å². The van der Waals surface area contributed by atoms with Gasteiger partial charge >= 0.3 is 0 Å². The van der Waals surface area contributed by atoms with Crippen molar-refractivity contribution >= 4 is 11.5 Å². The number of nitrogens with two attached hydrogens (primary N) is 1. The number of anilines is 1.